The first-order chi connectivity index (χ1) is 14.1. The van der Waals surface area contributed by atoms with E-state index < -0.39 is 5.63 Å². The number of carbonyl (C=O) groups excluding carboxylic acids is 1. The summed E-state index contributed by atoms with van der Waals surface area (Å²) in [4.78, 5) is 30.5. The highest BCUT2D eigenvalue weighted by Crippen LogP contribution is 2.23. The van der Waals surface area contributed by atoms with Crippen LogP contribution in [0, 0.1) is 6.92 Å². The van der Waals surface area contributed by atoms with Crippen molar-refractivity contribution in [1.82, 2.24) is 4.90 Å². The molecule has 148 valence electrons. The minimum absolute atomic E-state index is 0.105. The number of aliphatic imine (C=N–C) groups is 1. The van der Waals surface area contributed by atoms with Gasteiger partial charge in [-0.15, -0.1) is 0 Å². The number of nitrogens with zero attached hydrogens (tertiary/aromatic N) is 2. The maximum absolute atomic E-state index is 12.6. The van der Waals surface area contributed by atoms with Crippen LogP contribution in [0.1, 0.15) is 11.1 Å². The van der Waals surface area contributed by atoms with Crippen LogP contribution >= 0.6 is 11.8 Å². The third kappa shape index (κ3) is 4.51. The fourth-order valence-electron chi connectivity index (χ4n) is 3.12. The summed E-state index contributed by atoms with van der Waals surface area (Å²) < 4.78 is 10.9. The Morgan fingerprint density at radius 1 is 1.21 bits per heavy atom. The average Bonchev–Trinajstić information content (AvgIpc) is 3.19. The molecule has 1 aromatic heterocycles. The number of benzene rings is 2. The summed E-state index contributed by atoms with van der Waals surface area (Å²) in [5.74, 6) is 1.15. The predicted molar refractivity (Wildman–Crippen MR) is 114 cm³/mol. The van der Waals surface area contributed by atoms with Crippen molar-refractivity contribution in [3.63, 3.8) is 0 Å². The van der Waals surface area contributed by atoms with Gasteiger partial charge in [0.05, 0.1) is 6.54 Å². The van der Waals surface area contributed by atoms with Gasteiger partial charge in [-0.1, -0.05) is 42.1 Å². The van der Waals surface area contributed by atoms with Crippen LogP contribution in [-0.2, 0) is 11.3 Å². The Labute approximate surface area is 172 Å². The number of carbonyl (C=O) groups is 1. The van der Waals surface area contributed by atoms with Gasteiger partial charge in [-0.3, -0.25) is 14.7 Å². The molecule has 0 bridgehead atoms. The van der Waals surface area contributed by atoms with Crippen molar-refractivity contribution in [1.29, 1.82) is 0 Å². The van der Waals surface area contributed by atoms with Crippen molar-refractivity contribution in [3.8, 4) is 5.75 Å². The monoisotopic (exact) mass is 408 g/mol. The van der Waals surface area contributed by atoms with E-state index in [0.29, 0.717) is 24.4 Å². The Kier molecular flexibility index (Phi) is 5.67. The van der Waals surface area contributed by atoms with Gasteiger partial charge in [-0.2, -0.15) is 0 Å². The van der Waals surface area contributed by atoms with Crippen LogP contribution in [0.5, 0.6) is 5.75 Å². The molecule has 1 amide bonds. The summed E-state index contributed by atoms with van der Waals surface area (Å²) in [7, 11) is 0. The van der Waals surface area contributed by atoms with E-state index in [0.717, 1.165) is 27.4 Å². The van der Waals surface area contributed by atoms with Crippen LogP contribution < -0.4 is 10.4 Å². The van der Waals surface area contributed by atoms with Crippen molar-refractivity contribution in [2.24, 2.45) is 4.99 Å². The highest BCUT2D eigenvalue weighted by atomic mass is 32.2. The lowest BCUT2D eigenvalue weighted by Gasteiger charge is -2.16. The molecule has 1 aliphatic heterocycles. The Morgan fingerprint density at radius 3 is 2.86 bits per heavy atom. The van der Waals surface area contributed by atoms with Crippen LogP contribution in [0.4, 0.5) is 0 Å². The van der Waals surface area contributed by atoms with Gasteiger partial charge in [0, 0.05) is 29.8 Å². The molecule has 3 aromatic rings. The van der Waals surface area contributed by atoms with E-state index in [4.69, 9.17) is 9.15 Å². The molecule has 29 heavy (non-hydrogen) atoms. The molecule has 1 fully saturated rings. The molecule has 2 heterocycles. The lowest BCUT2D eigenvalue weighted by Crippen LogP contribution is -2.35. The van der Waals surface area contributed by atoms with Gasteiger partial charge >= 0.3 is 5.63 Å². The van der Waals surface area contributed by atoms with Gasteiger partial charge in [0.2, 0.25) is 0 Å². The molecule has 0 radical (unpaired) electrons. The number of amides is 1. The lowest BCUT2D eigenvalue weighted by molar-refractivity contribution is -0.129. The number of thioether (sulfide) groups is 1. The van der Waals surface area contributed by atoms with E-state index in [2.05, 4.69) is 4.99 Å². The number of ether oxygens (including phenoxy) is 1. The van der Waals surface area contributed by atoms with Crippen molar-refractivity contribution in [2.75, 3.05) is 18.9 Å². The summed E-state index contributed by atoms with van der Waals surface area (Å²) in [6.07, 6.45) is 0. The van der Waals surface area contributed by atoms with Gasteiger partial charge in [-0.05, 0) is 30.2 Å². The maximum Gasteiger partial charge on any atom is 0.336 e. The zero-order chi connectivity index (χ0) is 20.2. The third-order valence-electron chi connectivity index (χ3n) is 4.60. The lowest BCUT2D eigenvalue weighted by atomic mass is 10.1. The number of hydrogen-bond acceptors (Lipinski definition) is 6. The third-order valence-corrected chi connectivity index (χ3v) is 5.60. The molecule has 7 heteroatoms. The molecular weight excluding hydrogens is 388 g/mol. The zero-order valence-electron chi connectivity index (χ0n) is 16.0. The van der Waals surface area contributed by atoms with Crippen LogP contribution in [0.3, 0.4) is 0 Å². The molecule has 0 N–H and O–H groups in total. The number of amidine groups is 1. The molecule has 0 atom stereocenters. The second kappa shape index (κ2) is 8.53. The first-order valence-corrected chi connectivity index (χ1v) is 10.3. The molecule has 6 nitrogen and oxygen atoms in total. The highest BCUT2D eigenvalue weighted by Gasteiger charge is 2.25. The molecule has 2 aromatic carbocycles. The van der Waals surface area contributed by atoms with E-state index in [9.17, 15) is 9.59 Å². The second-order valence-electron chi connectivity index (χ2n) is 6.67. The molecule has 1 aliphatic rings. The van der Waals surface area contributed by atoms with Crippen LogP contribution in [0.15, 0.2) is 68.8 Å². The SMILES string of the molecule is Cc1cc(=O)oc2cc(OCC(=O)N3CCSC3=NCc3ccccc3)ccc12. The zero-order valence-corrected chi connectivity index (χ0v) is 16.8. The first kappa shape index (κ1) is 19.3. The minimum atomic E-state index is -0.406. The van der Waals surface area contributed by atoms with E-state index in [-0.39, 0.29) is 12.5 Å². The molecule has 0 unspecified atom stereocenters. The molecular formula is C22H20N2O4S. The van der Waals surface area contributed by atoms with Gasteiger partial charge in [0.25, 0.3) is 5.91 Å². The molecule has 0 saturated carbocycles. The topological polar surface area (TPSA) is 72.1 Å². The van der Waals surface area contributed by atoms with E-state index in [1.54, 1.807) is 28.8 Å². The van der Waals surface area contributed by atoms with Crippen LogP contribution in [0.25, 0.3) is 11.0 Å². The highest BCUT2D eigenvalue weighted by molar-refractivity contribution is 8.14. The quantitative estimate of drug-likeness (QED) is 0.603. The van der Waals surface area contributed by atoms with Crippen molar-refractivity contribution < 1.29 is 13.9 Å². The molecule has 1 saturated heterocycles. The molecule has 0 spiro atoms. The number of aryl methyl sites for hydroxylation is 1. The number of hydrogen-bond donors (Lipinski definition) is 0. The number of rotatable bonds is 5. The predicted octanol–water partition coefficient (Wildman–Crippen LogP) is 3.61. The Bertz CT molecular complexity index is 1120. The second-order valence-corrected chi connectivity index (χ2v) is 7.74. The van der Waals surface area contributed by atoms with Gasteiger partial charge < -0.3 is 9.15 Å². The normalized spacial score (nSPS) is 15.2. The summed E-state index contributed by atoms with van der Waals surface area (Å²) in [6.45, 7) is 2.90. The van der Waals surface area contributed by atoms with E-state index >= 15 is 0 Å². The average molecular weight is 408 g/mol. The molecule has 4 rings (SSSR count). The smallest absolute Gasteiger partial charge is 0.336 e. The summed E-state index contributed by atoms with van der Waals surface area (Å²) in [5.41, 5.74) is 1.98. The standard InChI is InChI=1S/C22H20N2O4S/c1-15-11-21(26)28-19-12-17(7-8-18(15)19)27-14-20(25)24-9-10-29-22(24)23-13-16-5-3-2-4-6-16/h2-8,11-12H,9-10,13-14H2,1H3. The van der Waals surface area contributed by atoms with Crippen LogP contribution in [-0.4, -0.2) is 34.9 Å². The summed E-state index contributed by atoms with van der Waals surface area (Å²) >= 11 is 1.57. The maximum atomic E-state index is 12.6. The number of fused-ring (bicyclic) bond motifs is 1. The largest absolute Gasteiger partial charge is 0.484 e. The van der Waals surface area contributed by atoms with Gasteiger partial charge in [0.1, 0.15) is 11.3 Å². The van der Waals surface area contributed by atoms with Crippen molar-refractivity contribution in [3.05, 3.63) is 76.1 Å². The Balaban J connectivity index is 1.42. The molecule has 0 aliphatic carbocycles. The Morgan fingerprint density at radius 2 is 2.03 bits per heavy atom. The van der Waals surface area contributed by atoms with Gasteiger partial charge in [-0.25, -0.2) is 4.79 Å². The van der Waals surface area contributed by atoms with Gasteiger partial charge in [0.15, 0.2) is 11.8 Å². The van der Waals surface area contributed by atoms with E-state index in [1.165, 1.54) is 6.07 Å². The van der Waals surface area contributed by atoms with Crippen molar-refractivity contribution in [2.45, 2.75) is 13.5 Å². The Hall–Kier alpha value is -3.06. The van der Waals surface area contributed by atoms with Crippen molar-refractivity contribution >= 4 is 33.8 Å². The minimum Gasteiger partial charge on any atom is -0.484 e. The fourth-order valence-corrected chi connectivity index (χ4v) is 4.09. The van der Waals surface area contributed by atoms with E-state index in [1.807, 2.05) is 43.3 Å². The summed E-state index contributed by atoms with van der Waals surface area (Å²) in [5, 5.41) is 1.57. The summed E-state index contributed by atoms with van der Waals surface area (Å²) in [6, 6.07) is 16.6. The fraction of sp³-hybridized carbons (Fsp3) is 0.227. The first-order valence-electron chi connectivity index (χ1n) is 9.29. The van der Waals surface area contributed by atoms with Crippen LogP contribution in [0.2, 0.25) is 0 Å².